The first-order valence-electron chi connectivity index (χ1n) is 9.81. The van der Waals surface area contributed by atoms with Crippen molar-refractivity contribution >= 4 is 40.5 Å². The normalized spacial score (nSPS) is 16.8. The third-order valence-corrected chi connectivity index (χ3v) is 6.29. The van der Waals surface area contributed by atoms with E-state index >= 15 is 0 Å². The Morgan fingerprint density at radius 1 is 1.39 bits per heavy atom. The Morgan fingerprint density at radius 3 is 3.03 bits per heavy atom. The molecule has 1 aliphatic rings. The highest BCUT2D eigenvalue weighted by atomic mass is 35.5. The van der Waals surface area contributed by atoms with Gasteiger partial charge in [-0.05, 0) is 49.0 Å². The lowest BCUT2D eigenvalue weighted by molar-refractivity contribution is -0.121. The van der Waals surface area contributed by atoms with Crippen LogP contribution in [0.25, 0.3) is 10.7 Å². The second-order valence-electron chi connectivity index (χ2n) is 7.24. The minimum Gasteiger partial charge on any atom is -0.465 e. The molecule has 1 fully saturated rings. The zero-order chi connectivity index (χ0) is 21.8. The number of amides is 1. The van der Waals surface area contributed by atoms with Gasteiger partial charge in [0.1, 0.15) is 0 Å². The first-order chi connectivity index (χ1) is 15.0. The van der Waals surface area contributed by atoms with Gasteiger partial charge in [-0.1, -0.05) is 22.8 Å². The Balaban J connectivity index is 1.38. The zero-order valence-electron chi connectivity index (χ0n) is 16.8. The number of carbonyl (C=O) groups excluding carboxylic acids is 2. The van der Waals surface area contributed by atoms with Gasteiger partial charge < -0.3 is 14.6 Å². The van der Waals surface area contributed by atoms with Gasteiger partial charge in [0.05, 0.1) is 40.7 Å². The van der Waals surface area contributed by atoms with Crippen LogP contribution in [0.5, 0.6) is 0 Å². The Hall–Kier alpha value is -2.75. The fraction of sp³-hybridized carbons (Fsp3) is 0.333. The molecule has 1 saturated heterocycles. The van der Waals surface area contributed by atoms with Crippen LogP contribution in [0.15, 0.2) is 40.2 Å². The Morgan fingerprint density at radius 2 is 2.26 bits per heavy atom. The molecule has 0 radical (unpaired) electrons. The molecular formula is C21H21ClN4O4S. The van der Waals surface area contributed by atoms with Crippen molar-refractivity contribution in [3.05, 3.63) is 52.2 Å². The average Bonchev–Trinajstić information content (AvgIpc) is 3.47. The van der Waals surface area contributed by atoms with E-state index in [1.165, 1.54) is 13.2 Å². The average molecular weight is 461 g/mol. The van der Waals surface area contributed by atoms with E-state index < -0.39 is 5.97 Å². The monoisotopic (exact) mass is 460 g/mol. The number of halogens is 1. The number of anilines is 1. The lowest BCUT2D eigenvalue weighted by atomic mass is 9.97. The number of benzene rings is 1. The largest absolute Gasteiger partial charge is 0.465 e. The molecule has 1 aromatic carbocycles. The van der Waals surface area contributed by atoms with E-state index in [2.05, 4.69) is 20.4 Å². The van der Waals surface area contributed by atoms with E-state index in [1.54, 1.807) is 23.5 Å². The van der Waals surface area contributed by atoms with Crippen molar-refractivity contribution in [2.24, 2.45) is 5.92 Å². The van der Waals surface area contributed by atoms with Gasteiger partial charge in [-0.2, -0.15) is 4.98 Å². The minimum atomic E-state index is -0.488. The van der Waals surface area contributed by atoms with Crippen molar-refractivity contribution in [1.29, 1.82) is 0 Å². The molecular weight excluding hydrogens is 440 g/mol. The third-order valence-electron chi connectivity index (χ3n) is 5.09. The summed E-state index contributed by atoms with van der Waals surface area (Å²) in [6, 6.07) is 8.54. The number of ether oxygens (including phenoxy) is 1. The minimum absolute atomic E-state index is 0.140. The van der Waals surface area contributed by atoms with E-state index in [9.17, 15) is 9.59 Å². The number of thiophene rings is 1. The first kappa shape index (κ1) is 21.5. The Labute approximate surface area is 188 Å². The molecule has 2 aromatic heterocycles. The highest BCUT2D eigenvalue weighted by Gasteiger charge is 2.27. The van der Waals surface area contributed by atoms with Gasteiger partial charge in [0.15, 0.2) is 0 Å². The number of likely N-dealkylation sites (tertiary alicyclic amines) is 1. The van der Waals surface area contributed by atoms with Crippen LogP contribution in [-0.4, -0.2) is 47.1 Å². The molecule has 4 rings (SSSR count). The summed E-state index contributed by atoms with van der Waals surface area (Å²) >= 11 is 7.76. The SMILES string of the molecule is COC(=O)c1ccc(Cl)c(NC(=O)C2CCCN(Cc3nc(-c4cccs4)no3)C2)c1. The topological polar surface area (TPSA) is 97.6 Å². The number of rotatable bonds is 6. The number of piperidine rings is 1. The molecule has 1 amide bonds. The van der Waals surface area contributed by atoms with Crippen molar-refractivity contribution in [1.82, 2.24) is 15.0 Å². The summed E-state index contributed by atoms with van der Waals surface area (Å²) in [6.45, 7) is 1.90. The number of nitrogens with one attached hydrogen (secondary N) is 1. The molecule has 1 N–H and O–H groups in total. The number of methoxy groups -OCH3 is 1. The predicted octanol–water partition coefficient (Wildman–Crippen LogP) is 4.09. The van der Waals surface area contributed by atoms with Crippen LogP contribution in [0.2, 0.25) is 5.02 Å². The lowest BCUT2D eigenvalue weighted by Gasteiger charge is -2.31. The number of aromatic nitrogens is 2. The molecule has 0 aliphatic carbocycles. The molecule has 3 heterocycles. The molecule has 10 heteroatoms. The fourth-order valence-corrected chi connectivity index (χ4v) is 4.34. The quantitative estimate of drug-likeness (QED) is 0.553. The van der Waals surface area contributed by atoms with Crippen LogP contribution in [0.4, 0.5) is 5.69 Å². The number of hydrogen-bond acceptors (Lipinski definition) is 8. The van der Waals surface area contributed by atoms with Crippen LogP contribution >= 0.6 is 22.9 Å². The van der Waals surface area contributed by atoms with Gasteiger partial charge in [-0.25, -0.2) is 4.79 Å². The predicted molar refractivity (Wildman–Crippen MR) is 117 cm³/mol. The maximum atomic E-state index is 12.9. The summed E-state index contributed by atoms with van der Waals surface area (Å²) in [5.74, 6) is 0.261. The zero-order valence-corrected chi connectivity index (χ0v) is 18.4. The van der Waals surface area contributed by atoms with Gasteiger partial charge in [0.25, 0.3) is 0 Å². The van der Waals surface area contributed by atoms with Crippen molar-refractivity contribution in [3.63, 3.8) is 0 Å². The van der Waals surface area contributed by atoms with Crippen molar-refractivity contribution < 1.29 is 18.8 Å². The Bertz CT molecular complexity index is 1070. The highest BCUT2D eigenvalue weighted by Crippen LogP contribution is 2.27. The second-order valence-corrected chi connectivity index (χ2v) is 8.59. The highest BCUT2D eigenvalue weighted by molar-refractivity contribution is 7.13. The third kappa shape index (κ3) is 5.12. The van der Waals surface area contributed by atoms with E-state index in [-0.39, 0.29) is 11.8 Å². The molecule has 31 heavy (non-hydrogen) atoms. The molecule has 1 unspecified atom stereocenters. The molecule has 0 bridgehead atoms. The van der Waals surface area contributed by atoms with Crippen LogP contribution in [0.1, 0.15) is 29.1 Å². The maximum absolute atomic E-state index is 12.9. The summed E-state index contributed by atoms with van der Waals surface area (Å²) in [4.78, 5) is 32.2. The molecule has 1 atom stereocenters. The molecule has 0 saturated carbocycles. The van der Waals surface area contributed by atoms with Crippen molar-refractivity contribution in [3.8, 4) is 10.7 Å². The number of nitrogens with zero attached hydrogens (tertiary/aromatic N) is 3. The van der Waals surface area contributed by atoms with Crippen LogP contribution in [0, 0.1) is 5.92 Å². The number of carbonyl (C=O) groups is 2. The summed E-state index contributed by atoms with van der Waals surface area (Å²) in [5, 5.41) is 9.22. The van der Waals surface area contributed by atoms with Gasteiger partial charge in [-0.15, -0.1) is 11.3 Å². The molecule has 0 spiro atoms. The number of esters is 1. The lowest BCUT2D eigenvalue weighted by Crippen LogP contribution is -2.40. The summed E-state index contributed by atoms with van der Waals surface area (Å²) in [6.07, 6.45) is 1.64. The fourth-order valence-electron chi connectivity index (χ4n) is 3.53. The van der Waals surface area contributed by atoms with Crippen LogP contribution in [-0.2, 0) is 16.1 Å². The Kier molecular flexibility index (Phi) is 6.64. The van der Waals surface area contributed by atoms with E-state index in [0.29, 0.717) is 41.1 Å². The van der Waals surface area contributed by atoms with Crippen molar-refractivity contribution in [2.45, 2.75) is 19.4 Å². The molecule has 3 aromatic rings. The standard InChI is InChI=1S/C21H21ClN4O4S/c1-29-21(28)13-6-7-15(22)16(10-13)23-20(27)14-4-2-8-26(11-14)12-18-24-19(25-30-18)17-5-3-9-31-17/h3,5-7,9-10,14H,2,4,8,11-12H2,1H3,(H,23,27). The molecule has 8 nitrogen and oxygen atoms in total. The second kappa shape index (κ2) is 9.59. The van der Waals surface area contributed by atoms with Crippen molar-refractivity contribution in [2.75, 3.05) is 25.5 Å². The van der Waals surface area contributed by atoms with Crippen LogP contribution < -0.4 is 5.32 Å². The smallest absolute Gasteiger partial charge is 0.337 e. The van der Waals surface area contributed by atoms with E-state index in [0.717, 1.165) is 24.3 Å². The van der Waals surface area contributed by atoms with Gasteiger partial charge in [-0.3, -0.25) is 9.69 Å². The maximum Gasteiger partial charge on any atom is 0.337 e. The van der Waals surface area contributed by atoms with E-state index in [1.807, 2.05) is 17.5 Å². The van der Waals surface area contributed by atoms with E-state index in [4.69, 9.17) is 20.9 Å². The number of hydrogen-bond donors (Lipinski definition) is 1. The van der Waals surface area contributed by atoms with Gasteiger partial charge >= 0.3 is 5.97 Å². The van der Waals surface area contributed by atoms with Gasteiger partial charge in [0, 0.05) is 6.54 Å². The molecule has 162 valence electrons. The summed E-state index contributed by atoms with van der Waals surface area (Å²) in [7, 11) is 1.30. The summed E-state index contributed by atoms with van der Waals surface area (Å²) < 4.78 is 10.1. The van der Waals surface area contributed by atoms with Gasteiger partial charge in [0.2, 0.25) is 17.6 Å². The summed E-state index contributed by atoms with van der Waals surface area (Å²) in [5.41, 5.74) is 0.717. The first-order valence-corrected chi connectivity index (χ1v) is 11.1. The van der Waals surface area contributed by atoms with Crippen LogP contribution in [0.3, 0.4) is 0 Å². The molecule has 1 aliphatic heterocycles.